The molecule has 27 heavy (non-hydrogen) atoms. The van der Waals surface area contributed by atoms with Crippen LogP contribution in [0.25, 0.3) is 20.8 Å². The maximum Gasteiger partial charge on any atom is 0.180 e. The first-order valence-electron chi connectivity index (χ1n) is 9.85. The molecule has 5 heteroatoms. The monoisotopic (exact) mass is 379 g/mol. The van der Waals surface area contributed by atoms with E-state index >= 15 is 0 Å². The lowest BCUT2D eigenvalue weighted by atomic mass is 9.71. The fourth-order valence-corrected chi connectivity index (χ4v) is 5.60. The van der Waals surface area contributed by atoms with Gasteiger partial charge in [-0.15, -0.1) is 11.3 Å². The Morgan fingerprint density at radius 2 is 1.85 bits per heavy atom. The van der Waals surface area contributed by atoms with Crippen LogP contribution in [0.1, 0.15) is 26.7 Å². The molecule has 0 saturated carbocycles. The summed E-state index contributed by atoms with van der Waals surface area (Å²) >= 11 is 1.67. The van der Waals surface area contributed by atoms with Gasteiger partial charge in [0.1, 0.15) is 0 Å². The summed E-state index contributed by atoms with van der Waals surface area (Å²) < 4.78 is 1.15. The SMILES string of the molecule is CC(C)N1CCC2(CC1)CN(c1ccc3nc4ccc(=O)cc-4sc3c1)C2. The molecule has 1 spiro atoms. The van der Waals surface area contributed by atoms with Crippen molar-refractivity contribution < 1.29 is 0 Å². The number of fused-ring (bicyclic) bond motifs is 2. The fraction of sp³-hybridized carbons (Fsp3) is 0.455. The van der Waals surface area contributed by atoms with Crippen LogP contribution < -0.4 is 10.3 Å². The molecule has 0 bridgehead atoms. The largest absolute Gasteiger partial charge is 0.370 e. The Bertz CT molecular complexity index is 1010. The molecule has 5 rings (SSSR count). The van der Waals surface area contributed by atoms with E-state index in [0.29, 0.717) is 11.5 Å². The van der Waals surface area contributed by atoms with Crippen LogP contribution in [0.3, 0.4) is 0 Å². The molecule has 4 nitrogen and oxygen atoms in total. The van der Waals surface area contributed by atoms with Crippen LogP contribution in [0.4, 0.5) is 5.69 Å². The van der Waals surface area contributed by atoms with Gasteiger partial charge in [-0.25, -0.2) is 4.98 Å². The molecule has 4 aliphatic rings. The van der Waals surface area contributed by atoms with Crippen LogP contribution in [-0.2, 0) is 0 Å². The van der Waals surface area contributed by atoms with Gasteiger partial charge in [0.25, 0.3) is 0 Å². The zero-order valence-corrected chi connectivity index (χ0v) is 16.8. The van der Waals surface area contributed by atoms with Gasteiger partial charge in [0, 0.05) is 36.3 Å². The Kier molecular flexibility index (Phi) is 3.99. The van der Waals surface area contributed by atoms with Crippen molar-refractivity contribution in [3.05, 3.63) is 46.6 Å². The predicted molar refractivity (Wildman–Crippen MR) is 113 cm³/mol. The Balaban J connectivity index is 1.37. The van der Waals surface area contributed by atoms with E-state index in [1.54, 1.807) is 23.5 Å². The van der Waals surface area contributed by atoms with Crippen LogP contribution in [0.2, 0.25) is 0 Å². The zero-order chi connectivity index (χ0) is 18.6. The zero-order valence-electron chi connectivity index (χ0n) is 15.9. The van der Waals surface area contributed by atoms with Gasteiger partial charge >= 0.3 is 0 Å². The minimum Gasteiger partial charge on any atom is -0.370 e. The first-order valence-corrected chi connectivity index (χ1v) is 10.7. The summed E-state index contributed by atoms with van der Waals surface area (Å²) in [6, 6.07) is 12.3. The van der Waals surface area contributed by atoms with E-state index in [9.17, 15) is 4.79 Å². The Hall–Kier alpha value is -1.98. The van der Waals surface area contributed by atoms with E-state index in [0.717, 1.165) is 20.8 Å². The molecule has 0 atom stereocenters. The molecule has 3 heterocycles. The fourth-order valence-electron chi connectivity index (χ4n) is 4.57. The van der Waals surface area contributed by atoms with Crippen molar-refractivity contribution >= 4 is 27.2 Å². The normalized spacial score (nSPS) is 19.9. The topological polar surface area (TPSA) is 36.4 Å². The molecular formula is C22H25N3OS. The molecule has 0 unspecified atom stereocenters. The van der Waals surface area contributed by atoms with Crippen LogP contribution in [0, 0.1) is 5.41 Å². The van der Waals surface area contributed by atoms with Crippen LogP contribution in [0.5, 0.6) is 0 Å². The van der Waals surface area contributed by atoms with Crippen molar-refractivity contribution in [1.29, 1.82) is 0 Å². The average molecular weight is 380 g/mol. The molecule has 0 amide bonds. The summed E-state index contributed by atoms with van der Waals surface area (Å²) in [6.45, 7) is 9.41. The van der Waals surface area contributed by atoms with Crippen molar-refractivity contribution in [2.45, 2.75) is 32.7 Å². The maximum atomic E-state index is 11.7. The van der Waals surface area contributed by atoms with Gasteiger partial charge < -0.3 is 9.80 Å². The third-order valence-electron chi connectivity index (χ3n) is 6.34. The van der Waals surface area contributed by atoms with Crippen molar-refractivity contribution in [3.8, 4) is 10.6 Å². The van der Waals surface area contributed by atoms with E-state index in [-0.39, 0.29) is 5.43 Å². The van der Waals surface area contributed by atoms with Crippen LogP contribution >= 0.6 is 11.3 Å². The molecule has 140 valence electrons. The second-order valence-electron chi connectivity index (χ2n) is 8.48. The van der Waals surface area contributed by atoms with Gasteiger partial charge in [-0.05, 0) is 70.1 Å². The number of hydrogen-bond donors (Lipinski definition) is 0. The lowest BCUT2D eigenvalue weighted by Gasteiger charge is -2.55. The quantitative estimate of drug-likeness (QED) is 0.629. The predicted octanol–water partition coefficient (Wildman–Crippen LogP) is 4.07. The number of nitrogens with zero attached hydrogens (tertiary/aromatic N) is 3. The van der Waals surface area contributed by atoms with Gasteiger partial charge in [0.2, 0.25) is 0 Å². The van der Waals surface area contributed by atoms with Crippen LogP contribution in [-0.4, -0.2) is 42.1 Å². The summed E-state index contributed by atoms with van der Waals surface area (Å²) in [5, 5.41) is 0. The van der Waals surface area contributed by atoms with E-state index in [1.807, 2.05) is 6.07 Å². The summed E-state index contributed by atoms with van der Waals surface area (Å²) in [5.74, 6) is 0. The minimum absolute atomic E-state index is 0.0495. The van der Waals surface area contributed by atoms with Gasteiger partial charge in [0.05, 0.1) is 20.8 Å². The first kappa shape index (κ1) is 17.1. The van der Waals surface area contributed by atoms with E-state index < -0.39 is 0 Å². The number of anilines is 1. The molecule has 0 radical (unpaired) electrons. The third kappa shape index (κ3) is 3.03. The number of piperidine rings is 1. The lowest BCUT2D eigenvalue weighted by molar-refractivity contribution is 0.0601. The Morgan fingerprint density at radius 1 is 1.07 bits per heavy atom. The second kappa shape index (κ2) is 6.28. The van der Waals surface area contributed by atoms with E-state index in [1.165, 1.54) is 44.7 Å². The highest BCUT2D eigenvalue weighted by atomic mass is 32.1. The molecule has 0 N–H and O–H groups in total. The molecule has 2 saturated heterocycles. The lowest BCUT2D eigenvalue weighted by Crippen LogP contribution is -2.61. The minimum atomic E-state index is 0.0495. The van der Waals surface area contributed by atoms with Crippen molar-refractivity contribution in [3.63, 3.8) is 0 Å². The molecule has 3 aliphatic heterocycles. The van der Waals surface area contributed by atoms with Crippen molar-refractivity contribution in [2.75, 3.05) is 31.1 Å². The summed E-state index contributed by atoms with van der Waals surface area (Å²) in [7, 11) is 0. The highest BCUT2D eigenvalue weighted by Crippen LogP contribution is 2.43. The number of likely N-dealkylation sites (tertiary alicyclic amines) is 1. The molecule has 1 aromatic carbocycles. The number of aromatic nitrogens is 1. The van der Waals surface area contributed by atoms with Crippen LogP contribution in [0.15, 0.2) is 41.2 Å². The Labute approximate surface area is 163 Å². The third-order valence-corrected chi connectivity index (χ3v) is 7.44. The van der Waals surface area contributed by atoms with Gasteiger partial charge in [-0.2, -0.15) is 0 Å². The number of benzene rings is 2. The van der Waals surface area contributed by atoms with E-state index in [4.69, 9.17) is 4.98 Å². The Morgan fingerprint density at radius 3 is 2.59 bits per heavy atom. The van der Waals surface area contributed by atoms with Crippen molar-refractivity contribution in [2.24, 2.45) is 5.41 Å². The standard InChI is InChI=1S/C22H25N3OS/c1-15(2)24-9-7-22(8-10-24)13-25(14-22)16-3-5-18-20(11-16)27-21-12-17(26)4-6-19(21)23-18/h3-6,11-12,15H,7-10,13-14H2,1-2H3. The maximum absolute atomic E-state index is 11.7. The number of hydrogen-bond acceptors (Lipinski definition) is 5. The molecule has 2 fully saturated rings. The molecular weight excluding hydrogens is 354 g/mol. The summed E-state index contributed by atoms with van der Waals surface area (Å²) in [5.41, 5.74) is 3.77. The van der Waals surface area contributed by atoms with Crippen molar-refractivity contribution in [1.82, 2.24) is 9.88 Å². The smallest absolute Gasteiger partial charge is 0.180 e. The highest BCUT2D eigenvalue weighted by Gasteiger charge is 2.45. The average Bonchev–Trinajstić information content (AvgIpc) is 2.64. The van der Waals surface area contributed by atoms with Gasteiger partial charge in [-0.1, -0.05) is 0 Å². The van der Waals surface area contributed by atoms with E-state index in [2.05, 4.69) is 41.8 Å². The molecule has 1 aliphatic carbocycles. The molecule has 1 aromatic rings. The highest BCUT2D eigenvalue weighted by molar-refractivity contribution is 7.21. The number of rotatable bonds is 2. The first-order chi connectivity index (χ1) is 13.0. The van der Waals surface area contributed by atoms with Gasteiger partial charge in [0.15, 0.2) is 5.43 Å². The summed E-state index contributed by atoms with van der Waals surface area (Å²) in [6.07, 6.45) is 2.63. The second-order valence-corrected chi connectivity index (χ2v) is 9.56. The van der Waals surface area contributed by atoms with Gasteiger partial charge in [-0.3, -0.25) is 4.79 Å². The molecule has 0 aromatic heterocycles. The summed E-state index contributed by atoms with van der Waals surface area (Å²) in [4.78, 5) is 22.4.